The Bertz CT molecular complexity index is 1480. The van der Waals surface area contributed by atoms with Gasteiger partial charge < -0.3 is 18.9 Å². The van der Waals surface area contributed by atoms with Crippen molar-refractivity contribution in [3.63, 3.8) is 0 Å². The number of rotatable bonds is 14. The first-order valence-corrected chi connectivity index (χ1v) is 14.8. The molecule has 0 radical (unpaired) electrons. The summed E-state index contributed by atoms with van der Waals surface area (Å²) in [4.78, 5) is 35.0. The van der Waals surface area contributed by atoms with Gasteiger partial charge in [0.25, 0.3) is 11.4 Å². The second-order valence-electron chi connectivity index (χ2n) is 11.5. The van der Waals surface area contributed by atoms with Crippen molar-refractivity contribution in [2.24, 2.45) is 11.8 Å². The first-order chi connectivity index (χ1) is 22.0. The molecule has 0 bridgehead atoms. The molecule has 11 heteroatoms. The monoisotopic (exact) mass is 628 g/mol. The maximum atomic E-state index is 13.5. The fourth-order valence-electron chi connectivity index (χ4n) is 4.42. The van der Waals surface area contributed by atoms with Crippen LogP contribution in [0.15, 0.2) is 97.1 Å². The van der Waals surface area contributed by atoms with Crippen LogP contribution in [0.5, 0.6) is 11.5 Å². The third-order valence-corrected chi connectivity index (χ3v) is 6.77. The summed E-state index contributed by atoms with van der Waals surface area (Å²) in [6.45, 7) is 9.22. The van der Waals surface area contributed by atoms with Gasteiger partial charge in [-0.05, 0) is 82.6 Å². The quantitative estimate of drug-likeness (QED) is 0.0762. The van der Waals surface area contributed by atoms with E-state index in [1.165, 1.54) is 48.5 Å². The summed E-state index contributed by atoms with van der Waals surface area (Å²) >= 11 is 0. The van der Waals surface area contributed by atoms with Gasteiger partial charge in [-0.1, -0.05) is 52.0 Å². The number of non-ortho nitro benzene ring substituents is 2. The number of benzene rings is 4. The summed E-state index contributed by atoms with van der Waals surface area (Å²) in [5, 5.41) is 22.5. The van der Waals surface area contributed by atoms with E-state index in [1.807, 2.05) is 27.7 Å². The number of ether oxygens (including phenoxy) is 4. The van der Waals surface area contributed by atoms with Crippen molar-refractivity contribution in [1.82, 2.24) is 0 Å². The molecule has 0 aliphatic carbocycles. The molecule has 0 amide bonds. The van der Waals surface area contributed by atoms with Crippen molar-refractivity contribution < 1.29 is 33.6 Å². The molecule has 4 aromatic rings. The molecule has 2 atom stereocenters. The Morgan fingerprint density at radius 3 is 1.09 bits per heavy atom. The predicted octanol–water partition coefficient (Wildman–Crippen LogP) is 8.60. The molecule has 4 rings (SSSR count). The standard InChI is InChI=1S/C35H36N2O9/c1-23(2)21-43-31-17-9-27(10-18-31)33(25-5-13-29(14-6-25)36(39)40)45-35(38)46-34(26-7-15-30(16-8-26)37(41)42)28-11-19-32(20-12-28)44-22-24(3)4/h5-20,23-24,33-34H,21-22H2,1-4H3. The molecule has 11 nitrogen and oxygen atoms in total. The second-order valence-corrected chi connectivity index (χ2v) is 11.5. The third-order valence-electron chi connectivity index (χ3n) is 6.77. The minimum Gasteiger partial charge on any atom is -0.493 e. The number of nitro benzene ring substituents is 2. The minimum absolute atomic E-state index is 0.110. The molecule has 0 aliphatic heterocycles. The van der Waals surface area contributed by atoms with Crippen molar-refractivity contribution >= 4 is 17.5 Å². The summed E-state index contributed by atoms with van der Waals surface area (Å²) in [7, 11) is 0. The van der Waals surface area contributed by atoms with E-state index in [0.29, 0.717) is 58.8 Å². The van der Waals surface area contributed by atoms with E-state index in [-0.39, 0.29) is 11.4 Å². The maximum Gasteiger partial charge on any atom is 0.510 e. The van der Waals surface area contributed by atoms with Crippen LogP contribution in [-0.2, 0) is 9.47 Å². The molecular weight excluding hydrogens is 592 g/mol. The molecule has 2 unspecified atom stereocenters. The van der Waals surface area contributed by atoms with Gasteiger partial charge in [0.2, 0.25) is 0 Å². The Kier molecular flexibility index (Phi) is 11.3. The lowest BCUT2D eigenvalue weighted by Crippen LogP contribution is -2.18. The zero-order chi connectivity index (χ0) is 33.2. The smallest absolute Gasteiger partial charge is 0.493 e. The van der Waals surface area contributed by atoms with Gasteiger partial charge in [-0.25, -0.2) is 4.79 Å². The molecule has 0 N–H and O–H groups in total. The number of hydrogen-bond acceptors (Lipinski definition) is 9. The van der Waals surface area contributed by atoms with Crippen LogP contribution in [0.3, 0.4) is 0 Å². The summed E-state index contributed by atoms with van der Waals surface area (Å²) < 4.78 is 23.3. The minimum atomic E-state index is -1.02. The second kappa shape index (κ2) is 15.5. The average molecular weight is 629 g/mol. The van der Waals surface area contributed by atoms with E-state index >= 15 is 0 Å². The summed E-state index contributed by atoms with van der Waals surface area (Å²) in [5.74, 6) is 1.94. The number of nitrogens with zero attached hydrogens (tertiary/aromatic N) is 2. The van der Waals surface area contributed by atoms with Gasteiger partial charge in [-0.2, -0.15) is 0 Å². The molecule has 0 fully saturated rings. The molecule has 240 valence electrons. The van der Waals surface area contributed by atoms with E-state index < -0.39 is 28.2 Å². The Balaban J connectivity index is 1.63. The Labute approximate surface area is 267 Å². The van der Waals surface area contributed by atoms with Gasteiger partial charge >= 0.3 is 6.16 Å². The first kappa shape index (κ1) is 33.4. The van der Waals surface area contributed by atoms with Crippen molar-refractivity contribution in [3.05, 3.63) is 140 Å². The number of carbonyl (C=O) groups is 1. The molecule has 4 aromatic carbocycles. The summed E-state index contributed by atoms with van der Waals surface area (Å²) in [6.07, 6.45) is -2.97. The van der Waals surface area contributed by atoms with Gasteiger partial charge in [0, 0.05) is 24.3 Å². The molecule has 0 saturated carbocycles. The van der Waals surface area contributed by atoms with E-state index in [9.17, 15) is 25.0 Å². The molecule has 0 aliphatic rings. The molecule has 0 saturated heterocycles. The zero-order valence-corrected chi connectivity index (χ0v) is 26.0. The summed E-state index contributed by atoms with van der Waals surface area (Å²) in [5.41, 5.74) is 1.92. The highest BCUT2D eigenvalue weighted by molar-refractivity contribution is 5.62. The Morgan fingerprint density at radius 1 is 0.543 bits per heavy atom. The van der Waals surface area contributed by atoms with Crippen LogP contribution < -0.4 is 9.47 Å². The van der Waals surface area contributed by atoms with Crippen molar-refractivity contribution in [2.75, 3.05) is 13.2 Å². The highest BCUT2D eigenvalue weighted by Gasteiger charge is 2.26. The zero-order valence-electron chi connectivity index (χ0n) is 26.0. The molecule has 0 aromatic heterocycles. The number of carbonyl (C=O) groups excluding carboxylic acids is 1. The number of nitro groups is 2. The van der Waals surface area contributed by atoms with E-state index in [0.717, 1.165) is 0 Å². The van der Waals surface area contributed by atoms with Crippen LogP contribution in [0.1, 0.15) is 62.2 Å². The van der Waals surface area contributed by atoms with Crippen LogP contribution in [-0.4, -0.2) is 29.2 Å². The fraction of sp³-hybridized carbons (Fsp3) is 0.286. The van der Waals surface area contributed by atoms with E-state index in [1.54, 1.807) is 48.5 Å². The van der Waals surface area contributed by atoms with Gasteiger partial charge in [-0.3, -0.25) is 20.2 Å². The third kappa shape index (κ3) is 9.28. The van der Waals surface area contributed by atoms with Crippen LogP contribution in [0.25, 0.3) is 0 Å². The molecular formula is C35H36N2O9. The average Bonchev–Trinajstić information content (AvgIpc) is 3.05. The van der Waals surface area contributed by atoms with Gasteiger partial charge in [0.05, 0.1) is 23.1 Å². The lowest BCUT2D eigenvalue weighted by molar-refractivity contribution is -0.385. The van der Waals surface area contributed by atoms with Crippen molar-refractivity contribution in [2.45, 2.75) is 39.9 Å². The Hall–Kier alpha value is -5.45. The van der Waals surface area contributed by atoms with Crippen molar-refractivity contribution in [3.8, 4) is 11.5 Å². The lowest BCUT2D eigenvalue weighted by Gasteiger charge is -2.23. The van der Waals surface area contributed by atoms with Crippen molar-refractivity contribution in [1.29, 1.82) is 0 Å². The molecule has 0 heterocycles. The van der Waals surface area contributed by atoms with Gasteiger partial charge in [0.1, 0.15) is 11.5 Å². The SMILES string of the molecule is CC(C)COc1ccc(C(OC(=O)OC(c2ccc(OCC(C)C)cc2)c2ccc([N+](=O)[O-])cc2)c2ccc([N+](=O)[O-])cc2)cc1. The highest BCUT2D eigenvalue weighted by atomic mass is 16.7. The first-order valence-electron chi connectivity index (χ1n) is 14.8. The normalized spacial score (nSPS) is 12.3. The van der Waals surface area contributed by atoms with Crippen LogP contribution in [0.4, 0.5) is 16.2 Å². The number of hydrogen-bond donors (Lipinski definition) is 0. The van der Waals surface area contributed by atoms with Crippen LogP contribution in [0, 0.1) is 32.1 Å². The maximum absolute atomic E-state index is 13.5. The van der Waals surface area contributed by atoms with E-state index in [4.69, 9.17) is 18.9 Å². The van der Waals surface area contributed by atoms with E-state index in [2.05, 4.69) is 0 Å². The molecule has 0 spiro atoms. The van der Waals surface area contributed by atoms with Crippen LogP contribution >= 0.6 is 0 Å². The fourth-order valence-corrected chi connectivity index (χ4v) is 4.42. The largest absolute Gasteiger partial charge is 0.510 e. The molecule has 46 heavy (non-hydrogen) atoms. The summed E-state index contributed by atoms with van der Waals surface area (Å²) in [6, 6.07) is 25.4. The van der Waals surface area contributed by atoms with Crippen LogP contribution in [0.2, 0.25) is 0 Å². The predicted molar refractivity (Wildman–Crippen MR) is 171 cm³/mol. The van der Waals surface area contributed by atoms with Gasteiger partial charge in [-0.15, -0.1) is 0 Å². The van der Waals surface area contributed by atoms with Gasteiger partial charge in [0.15, 0.2) is 12.2 Å². The lowest BCUT2D eigenvalue weighted by atomic mass is 10.0. The topological polar surface area (TPSA) is 140 Å². The highest BCUT2D eigenvalue weighted by Crippen LogP contribution is 2.33. The Morgan fingerprint density at radius 2 is 0.826 bits per heavy atom.